The van der Waals surface area contributed by atoms with E-state index in [9.17, 15) is 23.6 Å². The average Bonchev–Trinajstić information content (AvgIpc) is 3.25. The predicted molar refractivity (Wildman–Crippen MR) is 232 cm³/mol. The maximum absolute atomic E-state index is 15.5. The number of amides is 2. The van der Waals surface area contributed by atoms with Crippen LogP contribution in [0.4, 0.5) is 20.2 Å². The summed E-state index contributed by atoms with van der Waals surface area (Å²) in [6.45, 7) is 10.2. The van der Waals surface area contributed by atoms with Gasteiger partial charge in [-0.3, -0.25) is 19.9 Å². The molecular weight excluding hydrogens is 755 g/mol. The lowest BCUT2D eigenvalue weighted by Crippen LogP contribution is -2.46. The van der Waals surface area contributed by atoms with Gasteiger partial charge < -0.3 is 24.9 Å². The molecule has 0 saturated carbocycles. The predicted octanol–water partition coefficient (Wildman–Crippen LogP) is 6.42. The maximum atomic E-state index is 15.5. The van der Waals surface area contributed by atoms with E-state index in [1.54, 1.807) is 30.3 Å². The largest absolute Gasteiger partial charge is 0.400 e. The number of fused-ring (bicyclic) bond motifs is 1. The quantitative estimate of drug-likeness (QED) is 0.0603. The zero-order valence-corrected chi connectivity index (χ0v) is 34.6. The fourth-order valence-corrected chi connectivity index (χ4v) is 5.94. The highest BCUT2D eigenvalue weighted by atomic mass is 19.1. The number of aliphatic hydroxyl groups is 1. The molecule has 314 valence electrons. The molecule has 4 aromatic carbocycles. The van der Waals surface area contributed by atoms with Crippen LogP contribution in [0.15, 0.2) is 79.4 Å². The fourth-order valence-electron chi connectivity index (χ4n) is 5.94. The standard InChI is InChI=1S/C36H35F2N5O3.C4H4.C3H6O.C2H7N.CH4O/c1-25-5-4-6-30-28(11-13-34(36(25)30)43(24-45)40-35(46)7-2-3-18-44)21-29-10-8-27(20-31(29)37)23-41-14-16-42(17-15-41)33-12-9-26(22-39)19-32(33)38;1-3-4-2;1-2-3-4;1-3-2;1-2/h4-6,8-13,18-20,24H,2-3,7,14-17,21,23H2,1H3,(H,40,46);1,4H,2H2;3H,2H2,1H3;3H,1-2H3;2H,1H3. The van der Waals surface area contributed by atoms with Crippen LogP contribution in [0, 0.1) is 42.2 Å². The van der Waals surface area contributed by atoms with Crippen molar-refractivity contribution in [2.24, 2.45) is 0 Å². The molecule has 1 heterocycles. The molecule has 1 aliphatic heterocycles. The van der Waals surface area contributed by atoms with Gasteiger partial charge in [0.2, 0.25) is 12.3 Å². The number of aldehydes is 2. The molecule has 1 fully saturated rings. The second-order valence-corrected chi connectivity index (χ2v) is 12.9. The third-order valence-electron chi connectivity index (χ3n) is 8.63. The second kappa shape index (κ2) is 29.0. The number of aliphatic hydroxyl groups excluding tert-OH is 1. The van der Waals surface area contributed by atoms with Crippen molar-refractivity contribution in [3.63, 3.8) is 0 Å². The molecule has 0 spiro atoms. The normalized spacial score (nSPS) is 11.5. The summed E-state index contributed by atoms with van der Waals surface area (Å²) in [4.78, 5) is 48.3. The summed E-state index contributed by atoms with van der Waals surface area (Å²) in [6, 6.07) is 21.1. The number of carbonyl (C=O) groups excluding carboxylic acids is 4. The van der Waals surface area contributed by atoms with Gasteiger partial charge in [0.1, 0.15) is 24.2 Å². The van der Waals surface area contributed by atoms with Crippen LogP contribution in [-0.4, -0.2) is 82.3 Å². The Bertz CT molecular complexity index is 2040. The van der Waals surface area contributed by atoms with Gasteiger partial charge in [-0.25, -0.2) is 13.8 Å². The number of carbonyl (C=O) groups is 4. The number of rotatable bonds is 13. The molecule has 11 nitrogen and oxygen atoms in total. The third kappa shape index (κ3) is 16.6. The third-order valence-corrected chi connectivity index (χ3v) is 8.63. The van der Waals surface area contributed by atoms with Crippen molar-refractivity contribution in [2.75, 3.05) is 57.3 Å². The van der Waals surface area contributed by atoms with E-state index in [0.29, 0.717) is 80.9 Å². The van der Waals surface area contributed by atoms with Gasteiger partial charge in [0.25, 0.3) is 0 Å². The molecule has 5 rings (SSSR count). The van der Waals surface area contributed by atoms with E-state index in [1.165, 1.54) is 12.1 Å². The van der Waals surface area contributed by atoms with Crippen LogP contribution in [0.3, 0.4) is 0 Å². The van der Waals surface area contributed by atoms with Crippen molar-refractivity contribution in [3.05, 3.63) is 119 Å². The Morgan fingerprint density at radius 3 is 2.15 bits per heavy atom. The Balaban J connectivity index is 0.00000118. The first-order chi connectivity index (χ1) is 28.5. The summed E-state index contributed by atoms with van der Waals surface area (Å²) in [5.74, 6) is 1.11. The van der Waals surface area contributed by atoms with Crippen molar-refractivity contribution in [1.29, 1.82) is 5.26 Å². The summed E-state index contributed by atoms with van der Waals surface area (Å²) in [5.41, 5.74) is 7.06. The zero-order valence-electron chi connectivity index (χ0n) is 34.6. The number of halogens is 2. The summed E-state index contributed by atoms with van der Waals surface area (Å²) in [6.07, 6.45) is 9.98. The van der Waals surface area contributed by atoms with Crippen LogP contribution in [0.25, 0.3) is 10.8 Å². The van der Waals surface area contributed by atoms with Crippen molar-refractivity contribution >= 4 is 47.0 Å². The molecule has 0 atom stereocenters. The van der Waals surface area contributed by atoms with Crippen molar-refractivity contribution < 1.29 is 33.1 Å². The SMILES string of the molecule is C#CC=C.CCC=O.CNC.CO.Cc1cccc2c(Cc3ccc(CN4CCN(c5ccc(C#N)cc5F)CC4)cc3F)ccc(N(C=O)NC(=O)CCCC=O)c12. The number of piperazine rings is 1. The molecule has 0 bridgehead atoms. The van der Waals surface area contributed by atoms with Crippen molar-refractivity contribution in [2.45, 2.75) is 52.5 Å². The zero-order chi connectivity index (χ0) is 44.2. The molecule has 4 aromatic rings. The second-order valence-electron chi connectivity index (χ2n) is 12.9. The molecule has 59 heavy (non-hydrogen) atoms. The molecule has 0 unspecified atom stereocenters. The topological polar surface area (TPSA) is 146 Å². The first-order valence-corrected chi connectivity index (χ1v) is 19.0. The number of nitriles is 1. The number of nitrogens with zero attached hydrogens (tertiary/aromatic N) is 4. The lowest BCUT2D eigenvalue weighted by atomic mass is 9.94. The summed E-state index contributed by atoms with van der Waals surface area (Å²) in [7, 11) is 4.75. The van der Waals surface area contributed by atoms with E-state index in [4.69, 9.17) is 10.4 Å². The van der Waals surface area contributed by atoms with Gasteiger partial charge in [-0.1, -0.05) is 55.8 Å². The molecule has 3 N–H and O–H groups in total. The van der Waals surface area contributed by atoms with E-state index in [2.05, 4.69) is 34.6 Å². The lowest BCUT2D eigenvalue weighted by molar-refractivity contribution is -0.123. The summed E-state index contributed by atoms with van der Waals surface area (Å²) >= 11 is 0. The molecule has 2 amide bonds. The van der Waals surface area contributed by atoms with Gasteiger partial charge in [-0.05, 0) is 91.5 Å². The maximum Gasteiger partial charge on any atom is 0.238 e. The number of unbranched alkanes of at least 4 members (excludes halogenated alkanes) is 1. The van der Waals surface area contributed by atoms with Crippen molar-refractivity contribution in [1.82, 2.24) is 15.6 Å². The first kappa shape index (κ1) is 50.8. The van der Waals surface area contributed by atoms with Gasteiger partial charge in [0.05, 0.1) is 23.0 Å². The van der Waals surface area contributed by atoms with Crippen LogP contribution in [0.2, 0.25) is 0 Å². The van der Waals surface area contributed by atoms with Crippen molar-refractivity contribution in [3.8, 4) is 18.4 Å². The van der Waals surface area contributed by atoms with Crippen LogP contribution in [-0.2, 0) is 32.1 Å². The number of benzene rings is 4. The van der Waals surface area contributed by atoms with E-state index in [-0.39, 0.29) is 24.6 Å². The molecule has 1 saturated heterocycles. The van der Waals surface area contributed by atoms with Gasteiger partial charge in [0, 0.05) is 70.9 Å². The van der Waals surface area contributed by atoms with Crippen LogP contribution < -0.4 is 20.7 Å². The Morgan fingerprint density at radius 2 is 1.61 bits per heavy atom. The number of aryl methyl sites for hydroxylation is 1. The van der Waals surface area contributed by atoms with Gasteiger partial charge in [0.15, 0.2) is 0 Å². The Kier molecular flexibility index (Phi) is 25.0. The average molecular weight is 811 g/mol. The van der Waals surface area contributed by atoms with E-state index in [1.807, 2.05) is 69.2 Å². The number of hydrogen-bond acceptors (Lipinski definition) is 9. The van der Waals surface area contributed by atoms with Crippen LogP contribution in [0.1, 0.15) is 60.4 Å². The molecule has 0 aliphatic carbocycles. The van der Waals surface area contributed by atoms with E-state index >= 15 is 4.39 Å². The van der Waals surface area contributed by atoms with Gasteiger partial charge in [-0.15, -0.1) is 6.42 Å². The fraction of sp³-hybridized carbons (Fsp3) is 0.326. The number of hydrazine groups is 1. The Hall–Kier alpha value is -6.25. The Labute approximate surface area is 347 Å². The molecule has 0 radical (unpaired) electrons. The number of hydrogen-bond donors (Lipinski definition) is 3. The number of anilines is 2. The minimum absolute atomic E-state index is 0.113. The molecule has 1 aliphatic rings. The lowest BCUT2D eigenvalue weighted by Gasteiger charge is -2.36. The monoisotopic (exact) mass is 810 g/mol. The van der Waals surface area contributed by atoms with Gasteiger partial charge in [-0.2, -0.15) is 5.26 Å². The van der Waals surface area contributed by atoms with E-state index < -0.39 is 5.82 Å². The minimum atomic E-state index is -0.405. The highest BCUT2D eigenvalue weighted by molar-refractivity contribution is 6.03. The smallest absolute Gasteiger partial charge is 0.238 e. The first-order valence-electron chi connectivity index (χ1n) is 19.0. The number of terminal acetylenes is 1. The molecule has 0 aromatic heterocycles. The molecular formula is C46H56F2N6O5. The molecule has 13 heteroatoms. The highest BCUT2D eigenvalue weighted by Gasteiger charge is 2.21. The van der Waals surface area contributed by atoms with Crippen LogP contribution in [0.5, 0.6) is 0 Å². The van der Waals surface area contributed by atoms with E-state index in [0.717, 1.165) is 52.2 Å². The Morgan fingerprint density at radius 1 is 0.966 bits per heavy atom. The highest BCUT2D eigenvalue weighted by Crippen LogP contribution is 2.33. The number of nitrogens with one attached hydrogen (secondary N) is 2. The van der Waals surface area contributed by atoms with Crippen LogP contribution >= 0.6 is 0 Å². The summed E-state index contributed by atoms with van der Waals surface area (Å²) < 4.78 is 30.0. The van der Waals surface area contributed by atoms with Gasteiger partial charge >= 0.3 is 0 Å². The number of allylic oxidation sites excluding steroid dienone is 1. The summed E-state index contributed by atoms with van der Waals surface area (Å²) in [5, 5.41) is 21.5. The minimum Gasteiger partial charge on any atom is -0.400 e.